The summed E-state index contributed by atoms with van der Waals surface area (Å²) < 4.78 is 0.957. The van der Waals surface area contributed by atoms with Gasteiger partial charge in [-0.25, -0.2) is 4.68 Å². The van der Waals surface area contributed by atoms with Crippen LogP contribution in [-0.2, 0) is 7.05 Å². The van der Waals surface area contributed by atoms with Crippen LogP contribution in [0.25, 0.3) is 10.8 Å². The number of phenolic OH excluding ortho intramolecular Hbond substituents is 2. The van der Waals surface area contributed by atoms with Crippen molar-refractivity contribution in [1.82, 2.24) is 9.78 Å². The van der Waals surface area contributed by atoms with Gasteiger partial charge in [0.1, 0.15) is 17.2 Å². The van der Waals surface area contributed by atoms with Crippen LogP contribution in [0.5, 0.6) is 11.5 Å². The number of benzene rings is 1. The normalized spacial score (nSPS) is 10.7. The van der Waals surface area contributed by atoms with Crippen LogP contribution in [0.2, 0.25) is 0 Å². The molecule has 1 heterocycles. The van der Waals surface area contributed by atoms with E-state index in [2.05, 4.69) is 5.10 Å². The summed E-state index contributed by atoms with van der Waals surface area (Å²) in [5.74, 6) is -0.942. The average Bonchev–Trinajstić information content (AvgIpc) is 2.26. The molecule has 2 N–H and O–H groups in total. The Kier molecular flexibility index (Phi) is 2.35. The first kappa shape index (κ1) is 11.1. The number of hydrogen-bond donors (Lipinski definition) is 2. The maximum atomic E-state index is 11.8. The number of phenols is 2. The van der Waals surface area contributed by atoms with Crippen LogP contribution in [0, 0.1) is 0 Å². The van der Waals surface area contributed by atoms with Gasteiger partial charge < -0.3 is 10.2 Å². The third kappa shape index (κ3) is 1.54. The van der Waals surface area contributed by atoms with Gasteiger partial charge in [0.15, 0.2) is 5.78 Å². The number of carbonyl (C=O) groups is 1. The SMILES string of the molecule is CC(=O)c1nn(C)c(=O)c2c(O)ccc(O)c12. The van der Waals surface area contributed by atoms with Gasteiger partial charge in [-0.3, -0.25) is 9.59 Å². The Bertz CT molecular complexity index is 688. The van der Waals surface area contributed by atoms with E-state index in [0.717, 1.165) is 4.68 Å². The predicted molar refractivity (Wildman–Crippen MR) is 60.3 cm³/mol. The molecule has 88 valence electrons. The van der Waals surface area contributed by atoms with E-state index < -0.39 is 11.3 Å². The molecule has 0 saturated heterocycles. The maximum absolute atomic E-state index is 11.8. The Morgan fingerprint density at radius 3 is 2.29 bits per heavy atom. The van der Waals surface area contributed by atoms with Gasteiger partial charge in [-0.05, 0) is 12.1 Å². The second kappa shape index (κ2) is 3.58. The second-order valence-electron chi connectivity index (χ2n) is 3.69. The monoisotopic (exact) mass is 234 g/mol. The van der Waals surface area contributed by atoms with Gasteiger partial charge in [-0.15, -0.1) is 0 Å². The summed E-state index contributed by atoms with van der Waals surface area (Å²) >= 11 is 0. The molecule has 0 aliphatic rings. The van der Waals surface area contributed by atoms with Crippen molar-refractivity contribution < 1.29 is 15.0 Å². The van der Waals surface area contributed by atoms with Gasteiger partial charge in [0.2, 0.25) is 0 Å². The largest absolute Gasteiger partial charge is 0.507 e. The minimum Gasteiger partial charge on any atom is -0.507 e. The van der Waals surface area contributed by atoms with E-state index in [1.807, 2.05) is 0 Å². The fourth-order valence-corrected chi connectivity index (χ4v) is 1.69. The second-order valence-corrected chi connectivity index (χ2v) is 3.69. The maximum Gasteiger partial charge on any atom is 0.278 e. The van der Waals surface area contributed by atoms with Gasteiger partial charge in [-0.1, -0.05) is 0 Å². The van der Waals surface area contributed by atoms with E-state index in [1.54, 1.807) is 0 Å². The quantitative estimate of drug-likeness (QED) is 0.555. The zero-order valence-electron chi connectivity index (χ0n) is 9.26. The van der Waals surface area contributed by atoms with Crippen LogP contribution in [-0.4, -0.2) is 25.8 Å². The first-order valence-electron chi connectivity index (χ1n) is 4.86. The molecule has 2 aromatic rings. The molecular formula is C11H10N2O4. The highest BCUT2D eigenvalue weighted by atomic mass is 16.3. The van der Waals surface area contributed by atoms with Gasteiger partial charge in [0.05, 0.1) is 10.8 Å². The van der Waals surface area contributed by atoms with Crippen molar-refractivity contribution in [3.05, 3.63) is 28.2 Å². The van der Waals surface area contributed by atoms with Gasteiger partial charge in [-0.2, -0.15) is 5.10 Å². The summed E-state index contributed by atoms with van der Waals surface area (Å²) in [4.78, 5) is 23.2. The van der Waals surface area contributed by atoms with E-state index in [9.17, 15) is 19.8 Å². The molecule has 0 amide bonds. The van der Waals surface area contributed by atoms with E-state index in [4.69, 9.17) is 0 Å². The number of aromatic nitrogens is 2. The summed E-state index contributed by atoms with van der Waals surface area (Å²) in [5.41, 5.74) is -0.617. The molecule has 0 fully saturated rings. The molecule has 0 unspecified atom stereocenters. The lowest BCUT2D eigenvalue weighted by Crippen LogP contribution is -2.22. The molecule has 0 saturated carbocycles. The molecule has 1 aromatic carbocycles. The zero-order valence-corrected chi connectivity index (χ0v) is 9.26. The van der Waals surface area contributed by atoms with Crippen molar-refractivity contribution >= 4 is 16.6 Å². The van der Waals surface area contributed by atoms with Crippen LogP contribution >= 0.6 is 0 Å². The number of aromatic hydroxyl groups is 2. The van der Waals surface area contributed by atoms with Crippen molar-refractivity contribution in [3.63, 3.8) is 0 Å². The fraction of sp³-hybridized carbons (Fsp3) is 0.182. The minimum absolute atomic E-state index is 0.0133. The Hall–Kier alpha value is -2.37. The molecule has 17 heavy (non-hydrogen) atoms. The molecule has 0 aliphatic heterocycles. The third-order valence-electron chi connectivity index (χ3n) is 2.49. The lowest BCUT2D eigenvalue weighted by molar-refractivity contribution is 0.101. The number of carbonyl (C=O) groups excluding carboxylic acids is 1. The van der Waals surface area contributed by atoms with Crippen molar-refractivity contribution in [2.45, 2.75) is 6.92 Å². The predicted octanol–water partition coefficient (Wildman–Crippen LogP) is 0.547. The standard InChI is InChI=1S/C11H10N2O4/c1-5(14)10-8-6(15)3-4-7(16)9(8)11(17)13(2)12-10/h3-4,15-16H,1-2H3. The molecule has 1 aromatic heterocycles. The van der Waals surface area contributed by atoms with Crippen LogP contribution in [0.4, 0.5) is 0 Å². The molecule has 6 nitrogen and oxygen atoms in total. The zero-order chi connectivity index (χ0) is 12.7. The summed E-state index contributed by atoms with van der Waals surface area (Å²) in [7, 11) is 1.37. The highest BCUT2D eigenvalue weighted by Gasteiger charge is 2.18. The third-order valence-corrected chi connectivity index (χ3v) is 2.49. The first-order chi connectivity index (χ1) is 7.93. The van der Waals surface area contributed by atoms with Crippen molar-refractivity contribution in [2.75, 3.05) is 0 Å². The van der Waals surface area contributed by atoms with Gasteiger partial charge in [0.25, 0.3) is 5.56 Å². The molecular weight excluding hydrogens is 224 g/mol. The lowest BCUT2D eigenvalue weighted by atomic mass is 10.1. The fourth-order valence-electron chi connectivity index (χ4n) is 1.69. The van der Waals surface area contributed by atoms with Crippen molar-refractivity contribution in [3.8, 4) is 11.5 Å². The summed E-state index contributed by atoms with van der Waals surface area (Å²) in [5, 5.41) is 23.0. The van der Waals surface area contributed by atoms with E-state index in [1.165, 1.54) is 26.1 Å². The summed E-state index contributed by atoms with van der Waals surface area (Å²) in [6.45, 7) is 1.27. The minimum atomic E-state index is -0.571. The topological polar surface area (TPSA) is 92.4 Å². The van der Waals surface area contributed by atoms with E-state index >= 15 is 0 Å². The summed E-state index contributed by atoms with van der Waals surface area (Å²) in [6, 6.07) is 2.41. The van der Waals surface area contributed by atoms with E-state index in [0.29, 0.717) is 0 Å². The number of Topliss-reactive ketones (excluding diaryl/α,β-unsaturated/α-hetero) is 1. The Labute approximate surface area is 95.7 Å². The number of nitrogens with zero attached hydrogens (tertiary/aromatic N) is 2. The molecule has 0 spiro atoms. The number of ketones is 1. The number of aryl methyl sites for hydroxylation is 1. The molecule has 6 heteroatoms. The van der Waals surface area contributed by atoms with Crippen molar-refractivity contribution in [1.29, 1.82) is 0 Å². The Morgan fingerprint density at radius 1 is 1.24 bits per heavy atom. The van der Waals surface area contributed by atoms with Gasteiger partial charge in [0, 0.05) is 14.0 Å². The van der Waals surface area contributed by atoms with Crippen LogP contribution in [0.15, 0.2) is 16.9 Å². The highest BCUT2D eigenvalue weighted by molar-refractivity contribution is 6.08. The van der Waals surface area contributed by atoms with Crippen LogP contribution < -0.4 is 5.56 Å². The first-order valence-corrected chi connectivity index (χ1v) is 4.86. The average molecular weight is 234 g/mol. The van der Waals surface area contributed by atoms with Crippen LogP contribution in [0.1, 0.15) is 17.4 Å². The summed E-state index contributed by atoms with van der Waals surface area (Å²) in [6.07, 6.45) is 0. The number of rotatable bonds is 1. The van der Waals surface area contributed by atoms with Gasteiger partial charge >= 0.3 is 0 Å². The molecule has 0 bridgehead atoms. The highest BCUT2D eigenvalue weighted by Crippen LogP contribution is 2.30. The molecule has 0 radical (unpaired) electrons. The lowest BCUT2D eigenvalue weighted by Gasteiger charge is -2.08. The Morgan fingerprint density at radius 2 is 1.76 bits per heavy atom. The number of hydrogen-bond acceptors (Lipinski definition) is 5. The van der Waals surface area contributed by atoms with E-state index in [-0.39, 0.29) is 28.0 Å². The molecule has 2 rings (SSSR count). The number of fused-ring (bicyclic) bond motifs is 1. The van der Waals surface area contributed by atoms with Crippen LogP contribution in [0.3, 0.4) is 0 Å². The Balaban J connectivity index is 3.15. The van der Waals surface area contributed by atoms with Crippen molar-refractivity contribution in [2.24, 2.45) is 7.05 Å². The molecule has 0 atom stereocenters. The molecule has 0 aliphatic carbocycles. The smallest absolute Gasteiger partial charge is 0.278 e.